The van der Waals surface area contributed by atoms with Crippen molar-refractivity contribution in [3.8, 4) is 33.6 Å². The summed E-state index contributed by atoms with van der Waals surface area (Å²) in [7, 11) is 0. The lowest BCUT2D eigenvalue weighted by Gasteiger charge is -2.17. The summed E-state index contributed by atoms with van der Waals surface area (Å²) < 4.78 is 13.1. The summed E-state index contributed by atoms with van der Waals surface area (Å²) in [6.07, 6.45) is 1.94. The van der Waals surface area contributed by atoms with E-state index in [9.17, 15) is 0 Å². The topological polar surface area (TPSA) is 26.3 Å². The van der Waals surface area contributed by atoms with Gasteiger partial charge < -0.3 is 8.83 Å². The lowest BCUT2D eigenvalue weighted by atomic mass is 9.85. The molecule has 0 unspecified atom stereocenters. The summed E-state index contributed by atoms with van der Waals surface area (Å²) in [4.78, 5) is 0. The van der Waals surface area contributed by atoms with Crippen LogP contribution in [0.25, 0.3) is 98.6 Å². The number of furan rings is 2. The van der Waals surface area contributed by atoms with E-state index in [2.05, 4.69) is 152 Å². The molecule has 0 aliphatic heterocycles. The first-order valence-electron chi connectivity index (χ1n) is 15.7. The third-order valence-electron chi connectivity index (χ3n) is 9.52. The van der Waals surface area contributed by atoms with Gasteiger partial charge in [0.25, 0.3) is 0 Å². The molecule has 0 aliphatic carbocycles. The molecule has 0 bridgehead atoms. The summed E-state index contributed by atoms with van der Waals surface area (Å²) in [6, 6.07) is 54.0. The van der Waals surface area contributed by atoms with Gasteiger partial charge in [0.15, 0.2) is 0 Å². The molecule has 2 heteroatoms. The molecule has 2 nitrogen and oxygen atoms in total. The fourth-order valence-electron chi connectivity index (χ4n) is 7.43. The zero-order chi connectivity index (χ0) is 30.2. The number of benzene rings is 8. The normalized spacial score (nSPS) is 11.9. The molecule has 8 aromatic carbocycles. The van der Waals surface area contributed by atoms with Crippen LogP contribution in [0.4, 0.5) is 0 Å². The van der Waals surface area contributed by atoms with Crippen LogP contribution < -0.4 is 0 Å². The van der Waals surface area contributed by atoms with E-state index >= 15 is 0 Å². The largest absolute Gasteiger partial charge is 0.464 e. The monoisotopic (exact) mass is 586 g/mol. The highest BCUT2D eigenvalue weighted by molar-refractivity contribution is 6.26. The van der Waals surface area contributed by atoms with Gasteiger partial charge in [0, 0.05) is 32.8 Å². The van der Waals surface area contributed by atoms with Gasteiger partial charge >= 0.3 is 0 Å². The van der Waals surface area contributed by atoms with Gasteiger partial charge in [-0.2, -0.15) is 0 Å². The van der Waals surface area contributed by atoms with Crippen molar-refractivity contribution >= 4 is 65.0 Å². The van der Waals surface area contributed by atoms with Gasteiger partial charge in [0.05, 0.1) is 6.26 Å². The average Bonchev–Trinajstić information content (AvgIpc) is 3.76. The quantitative estimate of drug-likeness (QED) is 0.193. The van der Waals surface area contributed by atoms with Crippen LogP contribution in [0.2, 0.25) is 0 Å². The second-order valence-corrected chi connectivity index (χ2v) is 12.0. The fourth-order valence-corrected chi connectivity index (χ4v) is 7.43. The molecule has 0 saturated carbocycles. The smallest absolute Gasteiger partial charge is 0.142 e. The van der Waals surface area contributed by atoms with E-state index in [1.54, 1.807) is 0 Å². The van der Waals surface area contributed by atoms with Crippen molar-refractivity contribution in [2.24, 2.45) is 0 Å². The maximum Gasteiger partial charge on any atom is 0.142 e. The van der Waals surface area contributed by atoms with E-state index in [-0.39, 0.29) is 0 Å². The first-order chi connectivity index (χ1) is 22.8. The minimum Gasteiger partial charge on any atom is -0.464 e. The zero-order valence-electron chi connectivity index (χ0n) is 24.8. The van der Waals surface area contributed by atoms with E-state index in [1.807, 2.05) is 6.26 Å². The Kier molecular flexibility index (Phi) is 5.31. The van der Waals surface area contributed by atoms with Crippen LogP contribution in [0.3, 0.4) is 0 Å². The molecule has 0 aliphatic rings. The molecule has 0 atom stereocenters. The first kappa shape index (κ1) is 25.2. The minimum absolute atomic E-state index is 0.867. The van der Waals surface area contributed by atoms with Crippen molar-refractivity contribution < 1.29 is 8.83 Å². The van der Waals surface area contributed by atoms with E-state index in [1.165, 1.54) is 38.2 Å². The van der Waals surface area contributed by atoms with Crippen LogP contribution in [0.5, 0.6) is 0 Å². The maximum atomic E-state index is 6.87. The van der Waals surface area contributed by atoms with Crippen LogP contribution in [-0.4, -0.2) is 0 Å². The van der Waals surface area contributed by atoms with E-state index in [0.29, 0.717) is 0 Å². The molecule has 0 saturated heterocycles. The molecule has 2 heterocycles. The second kappa shape index (κ2) is 9.69. The predicted octanol–water partition coefficient (Wildman–Crippen LogP) is 12.8. The van der Waals surface area contributed by atoms with Crippen LogP contribution in [0.15, 0.2) is 167 Å². The molecule has 10 rings (SSSR count). The number of fused-ring (bicyclic) bond motifs is 8. The zero-order valence-corrected chi connectivity index (χ0v) is 24.8. The van der Waals surface area contributed by atoms with Gasteiger partial charge in [0.1, 0.15) is 16.9 Å². The Labute approximate surface area is 264 Å². The van der Waals surface area contributed by atoms with Gasteiger partial charge in [-0.1, -0.05) is 133 Å². The Hall–Kier alpha value is -6.12. The second-order valence-electron chi connectivity index (χ2n) is 12.0. The van der Waals surface area contributed by atoms with Crippen LogP contribution in [-0.2, 0) is 0 Å². The highest BCUT2D eigenvalue weighted by atomic mass is 16.3. The summed E-state index contributed by atoms with van der Waals surface area (Å²) in [5, 5.41) is 11.5. The summed E-state index contributed by atoms with van der Waals surface area (Å²) in [5.74, 6) is 0.867. The van der Waals surface area contributed by atoms with Crippen LogP contribution in [0.1, 0.15) is 0 Å². The third kappa shape index (κ3) is 3.65. The molecule has 0 amide bonds. The molecule has 0 spiro atoms. The molecular formula is C44H26O2. The van der Waals surface area contributed by atoms with E-state index in [4.69, 9.17) is 8.83 Å². The van der Waals surface area contributed by atoms with E-state index < -0.39 is 0 Å². The number of rotatable bonds is 3. The van der Waals surface area contributed by atoms with E-state index in [0.717, 1.165) is 60.4 Å². The number of hydrogen-bond donors (Lipinski definition) is 0. The van der Waals surface area contributed by atoms with Gasteiger partial charge in [-0.25, -0.2) is 0 Å². The van der Waals surface area contributed by atoms with Crippen molar-refractivity contribution in [2.75, 3.05) is 0 Å². The Bertz CT molecular complexity index is 2800. The molecule has 46 heavy (non-hydrogen) atoms. The van der Waals surface area contributed by atoms with Crippen molar-refractivity contribution in [3.63, 3.8) is 0 Å². The van der Waals surface area contributed by atoms with Crippen molar-refractivity contribution in [2.45, 2.75) is 0 Å². The van der Waals surface area contributed by atoms with Gasteiger partial charge in [-0.3, -0.25) is 0 Å². The average molecular weight is 587 g/mol. The number of hydrogen-bond acceptors (Lipinski definition) is 2. The Balaban J connectivity index is 1.37. The summed E-state index contributed by atoms with van der Waals surface area (Å²) in [6.45, 7) is 0. The maximum absolute atomic E-state index is 6.87. The SMILES string of the molecule is c1ccc(-c2ccc3c(-c4coc5ccc6ccccc6c45)c4ccccc4c(-c4cc5ccc6ccccc6c5o4)c3c2)cc1. The molecule has 2 aromatic heterocycles. The van der Waals surface area contributed by atoms with Crippen LogP contribution in [0, 0.1) is 0 Å². The predicted molar refractivity (Wildman–Crippen MR) is 192 cm³/mol. The van der Waals surface area contributed by atoms with Crippen molar-refractivity contribution in [1.82, 2.24) is 0 Å². The Morgan fingerprint density at radius 3 is 1.85 bits per heavy atom. The summed E-state index contributed by atoms with van der Waals surface area (Å²) in [5.41, 5.74) is 7.53. The molecule has 214 valence electrons. The van der Waals surface area contributed by atoms with Gasteiger partial charge in [0.2, 0.25) is 0 Å². The Morgan fingerprint density at radius 2 is 1.02 bits per heavy atom. The van der Waals surface area contributed by atoms with Crippen molar-refractivity contribution in [3.05, 3.63) is 158 Å². The standard InChI is InChI=1S/C44H26O2/c1-2-10-27(11-3-1)30-20-22-36-37(24-30)43(40-25-31-19-18-29-13-5-7-15-33(29)44(31)46-40)35-17-9-8-16-34(35)41(36)38-26-45-39-23-21-28-12-4-6-14-32(28)42(38)39/h1-26H. The fraction of sp³-hybridized carbons (Fsp3) is 0. The third-order valence-corrected chi connectivity index (χ3v) is 9.52. The highest BCUT2D eigenvalue weighted by Crippen LogP contribution is 2.48. The lowest BCUT2D eigenvalue weighted by molar-refractivity contribution is 0.617. The van der Waals surface area contributed by atoms with Crippen molar-refractivity contribution in [1.29, 1.82) is 0 Å². The highest BCUT2D eigenvalue weighted by Gasteiger charge is 2.23. The lowest BCUT2D eigenvalue weighted by Crippen LogP contribution is -1.91. The molecule has 0 radical (unpaired) electrons. The van der Waals surface area contributed by atoms with Crippen LogP contribution >= 0.6 is 0 Å². The molecule has 10 aromatic rings. The minimum atomic E-state index is 0.867. The first-order valence-corrected chi connectivity index (χ1v) is 15.7. The molecular weight excluding hydrogens is 560 g/mol. The Morgan fingerprint density at radius 1 is 0.391 bits per heavy atom. The van der Waals surface area contributed by atoms with Gasteiger partial charge in [-0.15, -0.1) is 0 Å². The molecule has 0 fully saturated rings. The summed E-state index contributed by atoms with van der Waals surface area (Å²) >= 11 is 0. The molecule has 0 N–H and O–H groups in total. The van der Waals surface area contributed by atoms with Gasteiger partial charge in [-0.05, 0) is 67.0 Å².